The van der Waals surface area contributed by atoms with E-state index >= 15 is 0 Å². The molecule has 1 rings (SSSR count). The predicted molar refractivity (Wildman–Crippen MR) is 71.9 cm³/mol. The number of nitrogens with one attached hydrogen (secondary N) is 1. The van der Waals surface area contributed by atoms with Crippen LogP contribution in [-0.4, -0.2) is 30.2 Å². The van der Waals surface area contributed by atoms with Gasteiger partial charge < -0.3 is 10.1 Å². The highest BCUT2D eigenvalue weighted by molar-refractivity contribution is 8.77. The van der Waals surface area contributed by atoms with Crippen LogP contribution in [0.3, 0.4) is 0 Å². The van der Waals surface area contributed by atoms with Gasteiger partial charge in [0.15, 0.2) is 0 Å². The lowest BCUT2D eigenvalue weighted by atomic mass is 10.1. The average molecular weight is 263 g/mol. The number of ether oxygens (including phenoxy) is 1. The fourth-order valence-electron chi connectivity index (χ4n) is 1.61. The van der Waals surface area contributed by atoms with Crippen LogP contribution in [0.4, 0.5) is 4.79 Å². The number of unbranched alkanes of at least 4 members (excludes halogenated alkanes) is 2. The molecule has 1 N–H and O–H groups in total. The maximum absolute atomic E-state index is 10.9. The molecule has 0 aromatic rings. The van der Waals surface area contributed by atoms with E-state index in [1.807, 2.05) is 28.5 Å². The van der Waals surface area contributed by atoms with Crippen molar-refractivity contribution in [2.45, 2.75) is 44.3 Å². The number of carbonyl (C=O) groups excluding carboxylic acids is 1. The van der Waals surface area contributed by atoms with Crippen molar-refractivity contribution in [2.24, 2.45) is 0 Å². The average Bonchev–Trinajstić information content (AvgIpc) is 2.76. The minimum absolute atomic E-state index is 0.287. The van der Waals surface area contributed by atoms with Gasteiger partial charge in [-0.15, -0.1) is 0 Å². The summed E-state index contributed by atoms with van der Waals surface area (Å²) >= 11 is 0. The Morgan fingerprint density at radius 2 is 2.31 bits per heavy atom. The van der Waals surface area contributed by atoms with Crippen molar-refractivity contribution in [1.29, 1.82) is 0 Å². The molecule has 1 amide bonds. The lowest BCUT2D eigenvalue weighted by molar-refractivity contribution is 0.152. The van der Waals surface area contributed by atoms with Crippen molar-refractivity contribution >= 4 is 27.7 Å². The molecule has 1 aliphatic heterocycles. The van der Waals surface area contributed by atoms with Crippen molar-refractivity contribution < 1.29 is 9.53 Å². The van der Waals surface area contributed by atoms with Crippen molar-refractivity contribution in [2.75, 3.05) is 18.9 Å². The molecule has 3 nitrogen and oxygen atoms in total. The largest absolute Gasteiger partial charge is 0.450 e. The van der Waals surface area contributed by atoms with Gasteiger partial charge in [-0.05, 0) is 26.2 Å². The van der Waals surface area contributed by atoms with Gasteiger partial charge in [-0.2, -0.15) is 0 Å². The SMILES string of the molecule is CCOC(=O)NCCCCCC1CCSS1. The number of rotatable bonds is 7. The van der Waals surface area contributed by atoms with Crippen molar-refractivity contribution in [3.05, 3.63) is 0 Å². The van der Waals surface area contributed by atoms with Crippen molar-refractivity contribution in [3.63, 3.8) is 0 Å². The van der Waals surface area contributed by atoms with Gasteiger partial charge in [0, 0.05) is 17.5 Å². The summed E-state index contributed by atoms with van der Waals surface area (Å²) in [4.78, 5) is 10.9. The lowest BCUT2D eigenvalue weighted by Gasteiger charge is -2.07. The summed E-state index contributed by atoms with van der Waals surface area (Å²) in [6.45, 7) is 3.00. The first-order valence-electron chi connectivity index (χ1n) is 6.02. The summed E-state index contributed by atoms with van der Waals surface area (Å²) in [7, 11) is 4.05. The Bertz CT molecular complexity index is 196. The maximum atomic E-state index is 10.9. The molecule has 0 saturated carbocycles. The molecule has 1 fully saturated rings. The topological polar surface area (TPSA) is 38.3 Å². The Labute approximate surface area is 106 Å². The molecule has 16 heavy (non-hydrogen) atoms. The molecule has 0 spiro atoms. The number of amides is 1. The zero-order valence-electron chi connectivity index (χ0n) is 9.87. The highest BCUT2D eigenvalue weighted by atomic mass is 33.1. The van der Waals surface area contributed by atoms with Gasteiger partial charge in [-0.1, -0.05) is 34.4 Å². The molecule has 0 aromatic heterocycles. The molecule has 1 aliphatic rings. The zero-order valence-corrected chi connectivity index (χ0v) is 11.5. The second-order valence-corrected chi connectivity index (χ2v) is 6.61. The lowest BCUT2D eigenvalue weighted by Crippen LogP contribution is -2.25. The summed E-state index contributed by atoms with van der Waals surface area (Å²) in [6.07, 6.45) is 5.96. The molecule has 1 unspecified atom stereocenters. The Balaban J connectivity index is 1.82. The fraction of sp³-hybridized carbons (Fsp3) is 0.909. The minimum Gasteiger partial charge on any atom is -0.450 e. The van der Waals surface area contributed by atoms with E-state index in [4.69, 9.17) is 4.74 Å². The van der Waals surface area contributed by atoms with E-state index in [0.29, 0.717) is 6.61 Å². The van der Waals surface area contributed by atoms with Crippen LogP contribution in [0.1, 0.15) is 39.0 Å². The quantitative estimate of drug-likeness (QED) is 0.564. The highest BCUT2D eigenvalue weighted by Crippen LogP contribution is 2.39. The molecule has 0 aromatic carbocycles. The smallest absolute Gasteiger partial charge is 0.407 e. The minimum atomic E-state index is -0.287. The van der Waals surface area contributed by atoms with Crippen LogP contribution in [0.25, 0.3) is 0 Å². The summed E-state index contributed by atoms with van der Waals surface area (Å²) in [5.41, 5.74) is 0. The van der Waals surface area contributed by atoms with E-state index in [9.17, 15) is 4.79 Å². The van der Waals surface area contributed by atoms with Crippen molar-refractivity contribution in [1.82, 2.24) is 5.32 Å². The summed E-state index contributed by atoms with van der Waals surface area (Å²) in [5, 5.41) is 3.62. The Morgan fingerprint density at radius 3 is 3.00 bits per heavy atom. The first-order valence-corrected chi connectivity index (χ1v) is 8.40. The van der Waals surface area contributed by atoms with Crippen LogP contribution in [-0.2, 0) is 4.74 Å². The Kier molecular flexibility index (Phi) is 7.93. The van der Waals surface area contributed by atoms with Crippen LogP contribution in [0.15, 0.2) is 0 Å². The van der Waals surface area contributed by atoms with Crippen LogP contribution in [0.2, 0.25) is 0 Å². The second kappa shape index (κ2) is 9.05. The molecular weight excluding hydrogens is 242 g/mol. The molecule has 1 atom stereocenters. The third kappa shape index (κ3) is 6.53. The van der Waals surface area contributed by atoms with Crippen LogP contribution < -0.4 is 5.32 Å². The molecule has 0 radical (unpaired) electrons. The first-order chi connectivity index (χ1) is 7.83. The second-order valence-electron chi connectivity index (χ2n) is 3.83. The monoisotopic (exact) mass is 263 g/mol. The third-order valence-corrected chi connectivity index (χ3v) is 5.48. The molecular formula is C11H21NO2S2. The van der Waals surface area contributed by atoms with E-state index in [1.54, 1.807) is 0 Å². The van der Waals surface area contributed by atoms with Gasteiger partial charge in [0.1, 0.15) is 0 Å². The van der Waals surface area contributed by atoms with Gasteiger partial charge >= 0.3 is 6.09 Å². The van der Waals surface area contributed by atoms with Crippen molar-refractivity contribution in [3.8, 4) is 0 Å². The molecule has 0 aliphatic carbocycles. The zero-order chi connectivity index (χ0) is 11.6. The Hall–Kier alpha value is -0.0300. The predicted octanol–water partition coefficient (Wildman–Crippen LogP) is 3.45. The maximum Gasteiger partial charge on any atom is 0.407 e. The van der Waals surface area contributed by atoms with E-state index in [0.717, 1.165) is 18.2 Å². The highest BCUT2D eigenvalue weighted by Gasteiger charge is 2.15. The molecule has 94 valence electrons. The van der Waals surface area contributed by atoms with Gasteiger partial charge in [-0.3, -0.25) is 0 Å². The molecule has 1 heterocycles. The third-order valence-electron chi connectivity index (χ3n) is 2.47. The van der Waals surface area contributed by atoms with E-state index in [1.165, 1.54) is 31.4 Å². The van der Waals surface area contributed by atoms with Crippen LogP contribution in [0, 0.1) is 0 Å². The molecule has 1 saturated heterocycles. The van der Waals surface area contributed by atoms with E-state index in [-0.39, 0.29) is 6.09 Å². The van der Waals surface area contributed by atoms with Gasteiger partial charge in [0.05, 0.1) is 6.61 Å². The van der Waals surface area contributed by atoms with E-state index < -0.39 is 0 Å². The van der Waals surface area contributed by atoms with Gasteiger partial charge in [0.25, 0.3) is 0 Å². The number of carbonyl (C=O) groups is 1. The normalized spacial score (nSPS) is 19.7. The van der Waals surface area contributed by atoms with Gasteiger partial charge in [-0.25, -0.2) is 4.79 Å². The molecule has 5 heteroatoms. The molecule has 0 bridgehead atoms. The van der Waals surface area contributed by atoms with Gasteiger partial charge in [0.2, 0.25) is 0 Å². The van der Waals surface area contributed by atoms with Crippen LogP contribution in [0.5, 0.6) is 0 Å². The summed E-state index contributed by atoms with van der Waals surface area (Å²) < 4.78 is 4.77. The first kappa shape index (κ1) is 14.0. The fourth-order valence-corrected chi connectivity index (χ4v) is 4.64. The number of hydrogen-bond donors (Lipinski definition) is 1. The number of hydrogen-bond acceptors (Lipinski definition) is 4. The van der Waals surface area contributed by atoms with Crippen LogP contribution >= 0.6 is 21.6 Å². The Morgan fingerprint density at radius 1 is 1.44 bits per heavy atom. The summed E-state index contributed by atoms with van der Waals surface area (Å²) in [6, 6.07) is 0. The van der Waals surface area contributed by atoms with E-state index in [2.05, 4.69) is 5.32 Å². The standard InChI is InChI=1S/C11H21NO2S2/c1-2-14-11(13)12-8-5-3-4-6-10-7-9-15-16-10/h10H,2-9H2,1H3,(H,12,13). The summed E-state index contributed by atoms with van der Waals surface area (Å²) in [5.74, 6) is 1.32. The number of alkyl carbamates (subject to hydrolysis) is 1.